The van der Waals surface area contributed by atoms with Crippen LogP contribution in [0.1, 0.15) is 39.2 Å². The molecule has 8 aromatic rings. The Morgan fingerprint density at radius 1 is 0.556 bits per heavy atom. The van der Waals surface area contributed by atoms with Crippen molar-refractivity contribution in [2.45, 2.75) is 20.3 Å². The number of hydrogen-bond donors (Lipinski definition) is 0. The molecule has 5 heteroatoms. The molecule has 0 spiro atoms. The van der Waals surface area contributed by atoms with Gasteiger partial charge >= 0.3 is 324 Å². The summed E-state index contributed by atoms with van der Waals surface area (Å²) in [6, 6.07) is 52.8. The maximum atomic E-state index is 5.73. The van der Waals surface area contributed by atoms with Crippen LogP contribution in [0.25, 0.3) is 63.9 Å². The molecule has 3 heterocycles. The van der Waals surface area contributed by atoms with Gasteiger partial charge in [-0.2, -0.15) is 0 Å². The molecule has 4 nitrogen and oxygen atoms in total. The summed E-state index contributed by atoms with van der Waals surface area (Å²) in [5.41, 5.74) is 18.6. The van der Waals surface area contributed by atoms with Crippen molar-refractivity contribution < 1.29 is 0 Å². The fraction of sp³-hybridized carbons (Fsp3) is 0.102. The monoisotopic (exact) mass is 762 g/mol. The average Bonchev–Trinajstić information content (AvgIpc) is 3.79. The molecular formula is C49H38N4Se. The first-order chi connectivity index (χ1) is 26.5. The van der Waals surface area contributed by atoms with E-state index in [-0.39, 0.29) is 14.5 Å². The fourth-order valence-electron chi connectivity index (χ4n) is 8.55. The summed E-state index contributed by atoms with van der Waals surface area (Å²) in [5.74, 6) is 0. The van der Waals surface area contributed by atoms with Gasteiger partial charge in [-0.05, 0) is 0 Å². The fourth-order valence-corrected chi connectivity index (χ4v) is 10.9. The zero-order valence-electron chi connectivity index (χ0n) is 30.8. The van der Waals surface area contributed by atoms with Gasteiger partial charge in [-0.3, -0.25) is 0 Å². The Hall–Kier alpha value is -6.00. The number of aromatic nitrogens is 1. The summed E-state index contributed by atoms with van der Waals surface area (Å²) in [5, 5.41) is 12.4. The second kappa shape index (κ2) is 12.8. The minimum absolute atomic E-state index is 0.185. The molecule has 2 aliphatic rings. The molecule has 0 atom stereocenters. The van der Waals surface area contributed by atoms with Gasteiger partial charge < -0.3 is 0 Å². The van der Waals surface area contributed by atoms with Crippen molar-refractivity contribution in [2.75, 3.05) is 14.1 Å². The van der Waals surface area contributed by atoms with Crippen LogP contribution >= 0.6 is 0 Å². The van der Waals surface area contributed by atoms with E-state index in [1.165, 1.54) is 69.4 Å². The quantitative estimate of drug-likeness (QED) is 0.164. The number of benzene rings is 6. The van der Waals surface area contributed by atoms with Gasteiger partial charge in [0.25, 0.3) is 0 Å². The van der Waals surface area contributed by atoms with Gasteiger partial charge in [0, 0.05) is 0 Å². The second-order valence-corrected chi connectivity index (χ2v) is 16.6. The summed E-state index contributed by atoms with van der Waals surface area (Å²) in [6.07, 6.45) is 0.816. The molecule has 0 bridgehead atoms. The van der Waals surface area contributed by atoms with Crippen LogP contribution in [-0.2, 0) is 6.42 Å². The third kappa shape index (κ3) is 5.04. The molecule has 0 N–H and O–H groups in total. The minimum atomic E-state index is 0.185. The van der Waals surface area contributed by atoms with Crippen LogP contribution in [-0.4, -0.2) is 49.4 Å². The van der Waals surface area contributed by atoms with Crippen molar-refractivity contribution in [3.8, 4) is 33.4 Å². The van der Waals surface area contributed by atoms with Gasteiger partial charge in [0.1, 0.15) is 0 Å². The van der Waals surface area contributed by atoms with Crippen LogP contribution in [0.2, 0.25) is 0 Å². The van der Waals surface area contributed by atoms with Gasteiger partial charge in [0.2, 0.25) is 0 Å². The summed E-state index contributed by atoms with van der Waals surface area (Å²) >= 11 is 0.185. The summed E-state index contributed by atoms with van der Waals surface area (Å²) in [7, 11) is 4.20. The van der Waals surface area contributed by atoms with Crippen LogP contribution in [0.4, 0.5) is 0 Å². The Morgan fingerprint density at radius 3 is 1.94 bits per heavy atom. The molecule has 2 aromatic heterocycles. The SMILES string of the molecule is Cc1c(C2=C(c3ccccc3-c3ccccc3)N(C)N(C)N=C2c2c(-c3ccccc3)ccc3[se]c4ccccc4c23)nc2c(c1C)-c1ccccc1C2. The number of pyridine rings is 1. The number of rotatable bonds is 5. The van der Waals surface area contributed by atoms with E-state index in [1.54, 1.807) is 0 Å². The Labute approximate surface area is 322 Å². The average molecular weight is 762 g/mol. The molecule has 6 aromatic carbocycles. The van der Waals surface area contributed by atoms with E-state index >= 15 is 0 Å². The van der Waals surface area contributed by atoms with Crippen molar-refractivity contribution in [1.82, 2.24) is 15.1 Å². The number of nitrogens with zero attached hydrogens (tertiary/aromatic N) is 4. The Balaban J connectivity index is 1.36. The number of hydrogen-bond acceptors (Lipinski definition) is 4. The van der Waals surface area contributed by atoms with Gasteiger partial charge in [0.05, 0.1) is 0 Å². The predicted octanol–water partition coefficient (Wildman–Crippen LogP) is 11.0. The van der Waals surface area contributed by atoms with Crippen LogP contribution in [0, 0.1) is 13.8 Å². The number of hydrazone groups is 1. The van der Waals surface area contributed by atoms with E-state index in [4.69, 9.17) is 10.1 Å². The zero-order chi connectivity index (χ0) is 36.5. The number of hydrazine groups is 1. The third-order valence-electron chi connectivity index (χ3n) is 11.3. The number of allylic oxidation sites excluding steroid dienone is 1. The maximum absolute atomic E-state index is 5.73. The molecule has 10 rings (SSSR count). The van der Waals surface area contributed by atoms with Crippen molar-refractivity contribution in [2.24, 2.45) is 5.10 Å². The van der Waals surface area contributed by atoms with Crippen molar-refractivity contribution >= 4 is 50.8 Å². The van der Waals surface area contributed by atoms with Gasteiger partial charge in [-0.15, -0.1) is 0 Å². The summed E-state index contributed by atoms with van der Waals surface area (Å²) < 4.78 is 2.80. The molecule has 0 fully saturated rings. The van der Waals surface area contributed by atoms with E-state index in [2.05, 4.69) is 179 Å². The Kier molecular flexibility index (Phi) is 7.76. The van der Waals surface area contributed by atoms with Crippen LogP contribution in [0.15, 0.2) is 151 Å². The molecule has 260 valence electrons. The second-order valence-electron chi connectivity index (χ2n) is 14.3. The molecule has 0 saturated heterocycles. The third-order valence-corrected chi connectivity index (χ3v) is 13.7. The first kappa shape index (κ1) is 32.6. The van der Waals surface area contributed by atoms with E-state index in [1.807, 2.05) is 5.12 Å². The van der Waals surface area contributed by atoms with E-state index < -0.39 is 0 Å². The molecule has 0 saturated carbocycles. The zero-order valence-corrected chi connectivity index (χ0v) is 32.5. The van der Waals surface area contributed by atoms with Crippen molar-refractivity contribution in [3.05, 3.63) is 185 Å². The van der Waals surface area contributed by atoms with Gasteiger partial charge in [-0.1, -0.05) is 0 Å². The van der Waals surface area contributed by atoms with Crippen LogP contribution < -0.4 is 0 Å². The summed E-state index contributed by atoms with van der Waals surface area (Å²) in [4.78, 5) is 5.73. The van der Waals surface area contributed by atoms with E-state index in [0.717, 1.165) is 45.9 Å². The summed E-state index contributed by atoms with van der Waals surface area (Å²) in [6.45, 7) is 4.54. The molecular weight excluding hydrogens is 724 g/mol. The van der Waals surface area contributed by atoms with Gasteiger partial charge in [0.15, 0.2) is 0 Å². The van der Waals surface area contributed by atoms with Crippen molar-refractivity contribution in [3.63, 3.8) is 0 Å². The molecule has 0 amide bonds. The van der Waals surface area contributed by atoms with E-state index in [0.29, 0.717) is 0 Å². The molecule has 0 unspecified atom stereocenters. The first-order valence-electron chi connectivity index (χ1n) is 18.5. The predicted molar refractivity (Wildman–Crippen MR) is 227 cm³/mol. The Morgan fingerprint density at radius 2 is 1.19 bits per heavy atom. The molecule has 0 radical (unpaired) electrons. The number of fused-ring (bicyclic) bond motifs is 6. The van der Waals surface area contributed by atoms with E-state index in [9.17, 15) is 0 Å². The molecule has 54 heavy (non-hydrogen) atoms. The topological polar surface area (TPSA) is 31.7 Å². The Bertz CT molecular complexity index is 2850. The van der Waals surface area contributed by atoms with Crippen molar-refractivity contribution in [1.29, 1.82) is 0 Å². The normalized spacial score (nSPS) is 13.8. The van der Waals surface area contributed by atoms with Gasteiger partial charge in [-0.25, -0.2) is 0 Å². The molecule has 1 aliphatic carbocycles. The first-order valence-corrected chi connectivity index (χ1v) is 20.2. The van der Waals surface area contributed by atoms with Crippen LogP contribution in [0.3, 0.4) is 0 Å². The standard InChI is InChI=1S/C49H38N4Se/c1-30-31(2)47(50-40-29-34-21-11-12-23-36(34)43(30)40)46-48(51-53(4)52(3)49(46)38-24-14-13-22-35(38)32-17-7-5-8-18-32)45-37(33-19-9-6-10-20-33)27-28-42-44(45)39-25-15-16-26-41(39)54-42/h5-28H,29H2,1-4H3. The molecule has 1 aliphatic heterocycles. The van der Waals surface area contributed by atoms with Crippen LogP contribution in [0.5, 0.6) is 0 Å².